The van der Waals surface area contributed by atoms with Crippen LogP contribution in [0.15, 0.2) is 22.9 Å². The zero-order valence-electron chi connectivity index (χ0n) is 9.50. The van der Waals surface area contributed by atoms with Crippen molar-refractivity contribution in [2.75, 3.05) is 0 Å². The standard InChI is InChI=1S/C13H17BrClN/c1-9-2-3-13(15)11(4-9)5-10-6-12(14)8-16-7-10/h6-9,11,13H,2-5H2,1H3. The molecule has 0 aromatic carbocycles. The summed E-state index contributed by atoms with van der Waals surface area (Å²) in [6, 6.07) is 2.15. The maximum Gasteiger partial charge on any atom is 0.0410 e. The van der Waals surface area contributed by atoms with Gasteiger partial charge in [-0.05, 0) is 65.1 Å². The number of hydrogen-bond acceptors (Lipinski definition) is 1. The topological polar surface area (TPSA) is 12.9 Å². The van der Waals surface area contributed by atoms with E-state index < -0.39 is 0 Å². The lowest BCUT2D eigenvalue weighted by molar-refractivity contribution is 0.287. The van der Waals surface area contributed by atoms with Gasteiger partial charge in [0.15, 0.2) is 0 Å². The molecule has 1 aromatic heterocycles. The Hall–Kier alpha value is -0.0800. The molecule has 0 bridgehead atoms. The minimum absolute atomic E-state index is 0.343. The number of nitrogens with zero attached hydrogens (tertiary/aromatic N) is 1. The van der Waals surface area contributed by atoms with E-state index in [1.54, 1.807) is 0 Å². The molecule has 1 fully saturated rings. The van der Waals surface area contributed by atoms with Gasteiger partial charge in [-0.1, -0.05) is 6.92 Å². The molecule has 0 amide bonds. The first-order valence-electron chi connectivity index (χ1n) is 5.88. The van der Waals surface area contributed by atoms with Crippen molar-refractivity contribution in [3.05, 3.63) is 28.5 Å². The highest BCUT2D eigenvalue weighted by Gasteiger charge is 2.27. The summed E-state index contributed by atoms with van der Waals surface area (Å²) in [7, 11) is 0. The summed E-state index contributed by atoms with van der Waals surface area (Å²) in [6.45, 7) is 2.33. The zero-order chi connectivity index (χ0) is 11.5. The van der Waals surface area contributed by atoms with Gasteiger partial charge in [-0.15, -0.1) is 11.6 Å². The second kappa shape index (κ2) is 5.50. The molecule has 0 radical (unpaired) electrons. The van der Waals surface area contributed by atoms with E-state index in [2.05, 4.69) is 33.9 Å². The molecule has 1 saturated carbocycles. The largest absolute Gasteiger partial charge is 0.263 e. The van der Waals surface area contributed by atoms with Gasteiger partial charge >= 0.3 is 0 Å². The molecule has 88 valence electrons. The molecule has 1 nitrogen and oxygen atoms in total. The summed E-state index contributed by atoms with van der Waals surface area (Å²) in [4.78, 5) is 4.20. The van der Waals surface area contributed by atoms with Gasteiger partial charge in [0, 0.05) is 22.2 Å². The smallest absolute Gasteiger partial charge is 0.0410 e. The third-order valence-electron chi connectivity index (χ3n) is 3.41. The van der Waals surface area contributed by atoms with E-state index in [9.17, 15) is 0 Å². The molecule has 0 spiro atoms. The van der Waals surface area contributed by atoms with E-state index in [0.29, 0.717) is 11.3 Å². The van der Waals surface area contributed by atoms with E-state index in [1.807, 2.05) is 12.4 Å². The first kappa shape index (κ1) is 12.4. The van der Waals surface area contributed by atoms with Gasteiger partial charge in [0.25, 0.3) is 0 Å². The molecule has 1 heterocycles. The Morgan fingerprint density at radius 2 is 2.25 bits per heavy atom. The summed E-state index contributed by atoms with van der Waals surface area (Å²) in [6.07, 6.45) is 8.53. The molecule has 0 N–H and O–H groups in total. The van der Waals surface area contributed by atoms with Crippen LogP contribution in [0.3, 0.4) is 0 Å². The van der Waals surface area contributed by atoms with E-state index >= 15 is 0 Å². The highest BCUT2D eigenvalue weighted by Crippen LogP contribution is 2.34. The quantitative estimate of drug-likeness (QED) is 0.736. The summed E-state index contributed by atoms with van der Waals surface area (Å²) < 4.78 is 1.06. The highest BCUT2D eigenvalue weighted by molar-refractivity contribution is 9.10. The SMILES string of the molecule is CC1CCC(Cl)C(Cc2cncc(Br)c2)C1. The molecule has 16 heavy (non-hydrogen) atoms. The molecule has 1 aromatic rings. The fourth-order valence-electron chi connectivity index (χ4n) is 2.54. The van der Waals surface area contributed by atoms with Gasteiger partial charge in [0.05, 0.1) is 0 Å². The maximum absolute atomic E-state index is 6.41. The lowest BCUT2D eigenvalue weighted by atomic mass is 9.79. The second-order valence-electron chi connectivity index (χ2n) is 4.91. The second-order valence-corrected chi connectivity index (χ2v) is 6.39. The fourth-order valence-corrected chi connectivity index (χ4v) is 3.27. The first-order valence-corrected chi connectivity index (χ1v) is 7.11. The third-order valence-corrected chi connectivity index (χ3v) is 4.42. The molecular formula is C13H17BrClN. The third kappa shape index (κ3) is 3.21. The van der Waals surface area contributed by atoms with Crippen LogP contribution in [0.25, 0.3) is 0 Å². The van der Waals surface area contributed by atoms with Crippen LogP contribution in [-0.4, -0.2) is 10.4 Å². The molecule has 1 aliphatic rings. The molecular weight excluding hydrogens is 286 g/mol. The number of hydrogen-bond donors (Lipinski definition) is 0. The fraction of sp³-hybridized carbons (Fsp3) is 0.615. The van der Waals surface area contributed by atoms with E-state index in [0.717, 1.165) is 23.2 Å². The van der Waals surface area contributed by atoms with Crippen molar-refractivity contribution in [3.63, 3.8) is 0 Å². The zero-order valence-corrected chi connectivity index (χ0v) is 11.8. The highest BCUT2D eigenvalue weighted by atomic mass is 79.9. The van der Waals surface area contributed by atoms with Crippen molar-refractivity contribution < 1.29 is 0 Å². The lowest BCUT2D eigenvalue weighted by Crippen LogP contribution is -2.26. The molecule has 3 unspecified atom stereocenters. The van der Waals surface area contributed by atoms with E-state index in [1.165, 1.54) is 18.4 Å². The summed E-state index contributed by atoms with van der Waals surface area (Å²) in [5.41, 5.74) is 1.29. The first-order chi connectivity index (χ1) is 7.65. The maximum atomic E-state index is 6.41. The van der Waals surface area contributed by atoms with Crippen LogP contribution in [0.2, 0.25) is 0 Å². The summed E-state index contributed by atoms with van der Waals surface area (Å²) >= 11 is 9.86. The van der Waals surface area contributed by atoms with E-state index in [4.69, 9.17) is 11.6 Å². The van der Waals surface area contributed by atoms with Crippen LogP contribution >= 0.6 is 27.5 Å². The van der Waals surface area contributed by atoms with Crippen LogP contribution < -0.4 is 0 Å². The molecule has 2 rings (SSSR count). The van der Waals surface area contributed by atoms with Gasteiger partial charge in [0.2, 0.25) is 0 Å². The van der Waals surface area contributed by atoms with Gasteiger partial charge in [-0.3, -0.25) is 4.98 Å². The Morgan fingerprint density at radius 1 is 1.44 bits per heavy atom. The summed E-state index contributed by atoms with van der Waals surface area (Å²) in [5.74, 6) is 1.43. The number of rotatable bonds is 2. The normalized spacial score (nSPS) is 30.3. The Morgan fingerprint density at radius 3 is 3.00 bits per heavy atom. The Kier molecular flexibility index (Phi) is 4.26. The van der Waals surface area contributed by atoms with Crippen LogP contribution in [0.4, 0.5) is 0 Å². The van der Waals surface area contributed by atoms with Crippen molar-refractivity contribution in [2.45, 2.75) is 38.0 Å². The van der Waals surface area contributed by atoms with Crippen molar-refractivity contribution >= 4 is 27.5 Å². The van der Waals surface area contributed by atoms with Crippen molar-refractivity contribution in [1.82, 2.24) is 4.98 Å². The van der Waals surface area contributed by atoms with Gasteiger partial charge in [-0.25, -0.2) is 0 Å². The molecule has 0 saturated heterocycles. The number of pyridine rings is 1. The predicted molar refractivity (Wildman–Crippen MR) is 71.8 cm³/mol. The van der Waals surface area contributed by atoms with Gasteiger partial charge in [0.1, 0.15) is 0 Å². The minimum Gasteiger partial charge on any atom is -0.263 e. The van der Waals surface area contributed by atoms with Gasteiger partial charge < -0.3 is 0 Å². The Bertz CT molecular complexity index is 356. The number of halogens is 2. The Labute approximate surface area is 111 Å². The molecule has 1 aliphatic carbocycles. The Balaban J connectivity index is 2.02. The average Bonchev–Trinajstić information content (AvgIpc) is 2.24. The van der Waals surface area contributed by atoms with Crippen molar-refractivity contribution in [3.8, 4) is 0 Å². The summed E-state index contributed by atoms with van der Waals surface area (Å²) in [5, 5.41) is 0.343. The molecule has 3 heteroatoms. The average molecular weight is 303 g/mol. The van der Waals surface area contributed by atoms with Crippen LogP contribution in [0.5, 0.6) is 0 Å². The van der Waals surface area contributed by atoms with E-state index in [-0.39, 0.29) is 0 Å². The van der Waals surface area contributed by atoms with Crippen LogP contribution in [0.1, 0.15) is 31.7 Å². The van der Waals surface area contributed by atoms with Crippen molar-refractivity contribution in [1.29, 1.82) is 0 Å². The van der Waals surface area contributed by atoms with Crippen LogP contribution in [0, 0.1) is 11.8 Å². The van der Waals surface area contributed by atoms with Crippen LogP contribution in [-0.2, 0) is 6.42 Å². The van der Waals surface area contributed by atoms with Gasteiger partial charge in [-0.2, -0.15) is 0 Å². The minimum atomic E-state index is 0.343. The number of aromatic nitrogens is 1. The van der Waals surface area contributed by atoms with Crippen molar-refractivity contribution in [2.24, 2.45) is 11.8 Å². The predicted octanol–water partition coefficient (Wildman–Crippen LogP) is 4.43. The number of alkyl halides is 1. The lowest BCUT2D eigenvalue weighted by Gasteiger charge is -2.31. The monoisotopic (exact) mass is 301 g/mol. The molecule has 3 atom stereocenters. The molecule has 0 aliphatic heterocycles.